The van der Waals surface area contributed by atoms with Gasteiger partial charge < -0.3 is 9.84 Å². The molecular formula is C15H15NO5S. The standard InChI is InChI=1S/C15H15NO5S/c1-3-21-11-6-4-10(5-7-11)8-12-13(17)16(15(20)22-12)9(2)14(18)19/h4-9H,3H2,1-2H3,(H,18,19)/b12-8-/t9-/m1/s1. The smallest absolute Gasteiger partial charge is 0.326 e. The zero-order valence-corrected chi connectivity index (χ0v) is 12.9. The maximum absolute atomic E-state index is 12.2. The van der Waals surface area contributed by atoms with Gasteiger partial charge in [0, 0.05) is 0 Å². The van der Waals surface area contributed by atoms with Crippen molar-refractivity contribution in [3.63, 3.8) is 0 Å². The molecule has 7 heteroatoms. The summed E-state index contributed by atoms with van der Waals surface area (Å²) in [5, 5.41) is 8.37. The first-order valence-corrected chi connectivity index (χ1v) is 7.48. The van der Waals surface area contributed by atoms with Crippen LogP contribution in [-0.2, 0) is 9.59 Å². The lowest BCUT2D eigenvalue weighted by Crippen LogP contribution is -2.41. The molecule has 6 nitrogen and oxygen atoms in total. The van der Waals surface area contributed by atoms with Crippen molar-refractivity contribution in [1.82, 2.24) is 4.90 Å². The number of amides is 2. The average Bonchev–Trinajstić information content (AvgIpc) is 2.75. The van der Waals surface area contributed by atoms with Crippen LogP contribution in [0.1, 0.15) is 19.4 Å². The van der Waals surface area contributed by atoms with E-state index in [1.165, 1.54) is 6.92 Å². The van der Waals surface area contributed by atoms with Gasteiger partial charge in [-0.1, -0.05) is 12.1 Å². The highest BCUT2D eigenvalue weighted by Gasteiger charge is 2.40. The number of nitrogens with zero attached hydrogens (tertiary/aromatic N) is 1. The topological polar surface area (TPSA) is 83.9 Å². The molecule has 1 aromatic carbocycles. The first kappa shape index (κ1) is 16.1. The summed E-state index contributed by atoms with van der Waals surface area (Å²) in [4.78, 5) is 35.9. The molecule has 116 valence electrons. The first-order valence-electron chi connectivity index (χ1n) is 6.66. The molecule has 1 aliphatic heterocycles. The van der Waals surface area contributed by atoms with Crippen LogP contribution in [0.2, 0.25) is 0 Å². The Hall–Kier alpha value is -2.28. The number of ether oxygens (including phenoxy) is 1. The molecule has 0 saturated carbocycles. The number of carbonyl (C=O) groups is 3. The molecule has 22 heavy (non-hydrogen) atoms. The Kier molecular flexibility index (Phi) is 4.87. The Balaban J connectivity index is 2.21. The summed E-state index contributed by atoms with van der Waals surface area (Å²) in [6.07, 6.45) is 1.56. The van der Waals surface area contributed by atoms with Gasteiger partial charge in [-0.3, -0.25) is 14.5 Å². The third-order valence-corrected chi connectivity index (χ3v) is 3.94. The summed E-state index contributed by atoms with van der Waals surface area (Å²) in [5.41, 5.74) is 0.733. The second-order valence-electron chi connectivity index (χ2n) is 4.57. The second-order valence-corrected chi connectivity index (χ2v) is 5.56. The lowest BCUT2D eigenvalue weighted by molar-refractivity contribution is -0.145. The van der Waals surface area contributed by atoms with Gasteiger partial charge in [0.05, 0.1) is 11.5 Å². The summed E-state index contributed by atoms with van der Waals surface area (Å²) in [6.45, 7) is 3.75. The predicted octanol–water partition coefficient (Wildman–Crippen LogP) is 2.59. The van der Waals surface area contributed by atoms with Crippen molar-refractivity contribution in [2.45, 2.75) is 19.9 Å². The lowest BCUT2D eigenvalue weighted by Gasteiger charge is -2.16. The highest BCUT2D eigenvalue weighted by Crippen LogP contribution is 2.33. The first-order chi connectivity index (χ1) is 10.4. The molecule has 1 fully saturated rings. The van der Waals surface area contributed by atoms with Crippen LogP contribution >= 0.6 is 11.8 Å². The van der Waals surface area contributed by atoms with Crippen molar-refractivity contribution in [3.8, 4) is 5.75 Å². The highest BCUT2D eigenvalue weighted by molar-refractivity contribution is 8.18. The molecule has 1 heterocycles. The van der Waals surface area contributed by atoms with Crippen molar-refractivity contribution in [2.75, 3.05) is 6.61 Å². The van der Waals surface area contributed by atoms with Crippen LogP contribution in [-0.4, -0.2) is 39.8 Å². The fraction of sp³-hybridized carbons (Fsp3) is 0.267. The van der Waals surface area contributed by atoms with Crippen LogP contribution in [0.25, 0.3) is 6.08 Å². The Morgan fingerprint density at radius 2 is 2.00 bits per heavy atom. The third kappa shape index (κ3) is 3.30. The maximum atomic E-state index is 12.2. The van der Waals surface area contributed by atoms with E-state index in [9.17, 15) is 14.4 Å². The summed E-state index contributed by atoms with van der Waals surface area (Å²) in [5.74, 6) is -1.09. The number of rotatable bonds is 5. The minimum atomic E-state index is -1.22. The minimum absolute atomic E-state index is 0.210. The predicted molar refractivity (Wildman–Crippen MR) is 82.5 cm³/mol. The molecule has 0 spiro atoms. The molecule has 1 aliphatic rings. The van der Waals surface area contributed by atoms with Gasteiger partial charge in [0.25, 0.3) is 11.1 Å². The maximum Gasteiger partial charge on any atom is 0.326 e. The van der Waals surface area contributed by atoms with Gasteiger partial charge in [-0.25, -0.2) is 4.79 Å². The fourth-order valence-electron chi connectivity index (χ4n) is 1.90. The van der Waals surface area contributed by atoms with E-state index in [4.69, 9.17) is 9.84 Å². The van der Waals surface area contributed by atoms with E-state index < -0.39 is 23.2 Å². The molecule has 1 saturated heterocycles. The minimum Gasteiger partial charge on any atom is -0.494 e. The molecule has 0 bridgehead atoms. The number of benzene rings is 1. The van der Waals surface area contributed by atoms with Gasteiger partial charge in [-0.2, -0.15) is 0 Å². The van der Waals surface area contributed by atoms with Crippen LogP contribution in [0, 0.1) is 0 Å². The largest absolute Gasteiger partial charge is 0.494 e. The number of hydrogen-bond donors (Lipinski definition) is 1. The van der Waals surface area contributed by atoms with Crippen molar-refractivity contribution >= 4 is 35.0 Å². The molecular weight excluding hydrogens is 306 g/mol. The molecule has 1 aromatic rings. The monoisotopic (exact) mass is 321 g/mol. The van der Waals surface area contributed by atoms with Crippen LogP contribution < -0.4 is 4.74 Å². The summed E-state index contributed by atoms with van der Waals surface area (Å²) in [7, 11) is 0. The second kappa shape index (κ2) is 6.65. The summed E-state index contributed by atoms with van der Waals surface area (Å²) >= 11 is 0.741. The van der Waals surface area contributed by atoms with Gasteiger partial charge in [0.1, 0.15) is 11.8 Å². The Morgan fingerprint density at radius 1 is 1.36 bits per heavy atom. The van der Waals surface area contributed by atoms with E-state index in [-0.39, 0.29) is 4.91 Å². The Morgan fingerprint density at radius 3 is 2.55 bits per heavy atom. The SMILES string of the molecule is CCOc1ccc(/C=C2\SC(=O)N([C@H](C)C(=O)O)C2=O)cc1. The fourth-order valence-corrected chi connectivity index (χ4v) is 2.81. The summed E-state index contributed by atoms with van der Waals surface area (Å²) < 4.78 is 5.32. The van der Waals surface area contributed by atoms with Crippen molar-refractivity contribution in [1.29, 1.82) is 0 Å². The molecule has 0 aromatic heterocycles. The number of aliphatic carboxylic acids is 1. The van der Waals surface area contributed by atoms with E-state index in [0.717, 1.165) is 22.2 Å². The lowest BCUT2D eigenvalue weighted by atomic mass is 10.2. The van der Waals surface area contributed by atoms with Gasteiger partial charge in [-0.05, 0) is 49.4 Å². The van der Waals surface area contributed by atoms with Crippen LogP contribution in [0.15, 0.2) is 29.2 Å². The molecule has 1 atom stereocenters. The molecule has 2 amide bonds. The van der Waals surface area contributed by atoms with Crippen LogP contribution in [0.4, 0.5) is 4.79 Å². The van der Waals surface area contributed by atoms with Gasteiger partial charge in [0.2, 0.25) is 0 Å². The van der Waals surface area contributed by atoms with E-state index in [2.05, 4.69) is 0 Å². The quantitative estimate of drug-likeness (QED) is 0.839. The normalized spacial score (nSPS) is 17.9. The Labute approximate surface area is 131 Å². The van der Waals surface area contributed by atoms with E-state index in [1.54, 1.807) is 30.3 Å². The zero-order chi connectivity index (χ0) is 16.3. The summed E-state index contributed by atoms with van der Waals surface area (Å²) in [6, 6.07) is 5.87. The van der Waals surface area contributed by atoms with Gasteiger partial charge in [-0.15, -0.1) is 0 Å². The van der Waals surface area contributed by atoms with E-state index in [1.807, 2.05) is 6.92 Å². The molecule has 0 aliphatic carbocycles. The van der Waals surface area contributed by atoms with Crippen molar-refractivity contribution in [2.24, 2.45) is 0 Å². The third-order valence-electron chi connectivity index (χ3n) is 3.06. The number of imide groups is 1. The number of carboxylic acid groups (broad SMARTS) is 1. The van der Waals surface area contributed by atoms with Gasteiger partial charge in [0.15, 0.2) is 0 Å². The number of thioether (sulfide) groups is 1. The number of carbonyl (C=O) groups excluding carboxylic acids is 2. The van der Waals surface area contributed by atoms with Crippen molar-refractivity contribution in [3.05, 3.63) is 34.7 Å². The van der Waals surface area contributed by atoms with Crippen LogP contribution in [0.3, 0.4) is 0 Å². The van der Waals surface area contributed by atoms with Crippen LogP contribution in [0.5, 0.6) is 5.75 Å². The van der Waals surface area contributed by atoms with Gasteiger partial charge >= 0.3 is 5.97 Å². The molecule has 0 unspecified atom stereocenters. The van der Waals surface area contributed by atoms with E-state index >= 15 is 0 Å². The zero-order valence-electron chi connectivity index (χ0n) is 12.1. The molecule has 2 rings (SSSR count). The number of carboxylic acids is 1. The Bertz CT molecular complexity index is 638. The highest BCUT2D eigenvalue weighted by atomic mass is 32.2. The molecule has 0 radical (unpaired) electrons. The van der Waals surface area contributed by atoms with E-state index in [0.29, 0.717) is 12.4 Å². The van der Waals surface area contributed by atoms with Crippen molar-refractivity contribution < 1.29 is 24.2 Å². The average molecular weight is 321 g/mol. The molecule has 1 N–H and O–H groups in total. The number of hydrogen-bond acceptors (Lipinski definition) is 5.